The van der Waals surface area contributed by atoms with Crippen molar-refractivity contribution in [3.05, 3.63) is 58.6 Å². The van der Waals surface area contributed by atoms with Crippen molar-refractivity contribution in [2.24, 2.45) is 7.05 Å². The average molecular weight is 455 g/mol. The van der Waals surface area contributed by atoms with Crippen LogP contribution < -0.4 is 10.2 Å². The molecule has 0 radical (unpaired) electrons. The standard InChI is InChI=1S/C22H26N6O3S/c1-5-27(6-2)17-13-11-16(12-14-17)20-24-25-22(26(20)4)32-15(3)21(29)23-18-9-7-8-10-19(18)28(30)31/h7-15H,5-6H2,1-4H3,(H,23,29). The first-order valence-corrected chi connectivity index (χ1v) is 11.2. The summed E-state index contributed by atoms with van der Waals surface area (Å²) in [6.07, 6.45) is 0. The Hall–Kier alpha value is -3.40. The quantitative estimate of drug-likeness (QED) is 0.291. The SMILES string of the molecule is CCN(CC)c1ccc(-c2nnc(SC(C)C(=O)Nc3ccccc3[N+](=O)[O-])n2C)cc1. The van der Waals surface area contributed by atoms with Gasteiger partial charge in [0.05, 0.1) is 10.2 Å². The molecule has 1 amide bonds. The van der Waals surface area contributed by atoms with Gasteiger partial charge in [-0.3, -0.25) is 14.9 Å². The summed E-state index contributed by atoms with van der Waals surface area (Å²) < 4.78 is 1.84. The number of amides is 1. The highest BCUT2D eigenvalue weighted by atomic mass is 32.2. The number of rotatable bonds is 9. The molecule has 1 aromatic heterocycles. The van der Waals surface area contributed by atoms with Crippen LogP contribution in [0.3, 0.4) is 0 Å². The van der Waals surface area contributed by atoms with Crippen molar-refractivity contribution in [1.29, 1.82) is 0 Å². The van der Waals surface area contributed by atoms with Crippen LogP contribution in [0.2, 0.25) is 0 Å². The van der Waals surface area contributed by atoms with Gasteiger partial charge in [0.25, 0.3) is 5.69 Å². The number of anilines is 2. The maximum Gasteiger partial charge on any atom is 0.292 e. The molecule has 168 valence electrons. The topological polar surface area (TPSA) is 106 Å². The van der Waals surface area contributed by atoms with Gasteiger partial charge in [-0.2, -0.15) is 0 Å². The number of nitro benzene ring substituents is 1. The molecule has 0 fully saturated rings. The van der Waals surface area contributed by atoms with Crippen LogP contribution >= 0.6 is 11.8 Å². The summed E-state index contributed by atoms with van der Waals surface area (Å²) in [5.41, 5.74) is 2.10. The Labute approximate surface area is 191 Å². The minimum atomic E-state index is -0.532. The molecule has 1 heterocycles. The summed E-state index contributed by atoms with van der Waals surface area (Å²) in [7, 11) is 1.85. The summed E-state index contributed by atoms with van der Waals surface area (Å²) >= 11 is 1.24. The summed E-state index contributed by atoms with van der Waals surface area (Å²) in [5, 5.41) is 22.4. The molecule has 1 unspecified atom stereocenters. The van der Waals surface area contributed by atoms with E-state index in [1.54, 1.807) is 19.1 Å². The van der Waals surface area contributed by atoms with Gasteiger partial charge in [0.15, 0.2) is 11.0 Å². The van der Waals surface area contributed by atoms with Crippen LogP contribution in [0.4, 0.5) is 17.1 Å². The number of para-hydroxylation sites is 2. The number of aromatic nitrogens is 3. The van der Waals surface area contributed by atoms with Gasteiger partial charge in [-0.05, 0) is 51.1 Å². The van der Waals surface area contributed by atoms with E-state index < -0.39 is 10.2 Å². The highest BCUT2D eigenvalue weighted by Gasteiger charge is 2.22. The minimum Gasteiger partial charge on any atom is -0.372 e. The zero-order valence-electron chi connectivity index (χ0n) is 18.5. The first-order valence-electron chi connectivity index (χ1n) is 10.3. The largest absolute Gasteiger partial charge is 0.372 e. The van der Waals surface area contributed by atoms with Gasteiger partial charge in [-0.15, -0.1) is 10.2 Å². The predicted molar refractivity (Wildman–Crippen MR) is 127 cm³/mol. The molecule has 2 aromatic carbocycles. The summed E-state index contributed by atoms with van der Waals surface area (Å²) in [6, 6.07) is 14.2. The molecule has 0 saturated heterocycles. The zero-order valence-corrected chi connectivity index (χ0v) is 19.3. The van der Waals surface area contributed by atoms with E-state index in [2.05, 4.69) is 46.4 Å². The third kappa shape index (κ3) is 5.08. The van der Waals surface area contributed by atoms with Crippen molar-refractivity contribution in [1.82, 2.24) is 14.8 Å². The van der Waals surface area contributed by atoms with Gasteiger partial charge in [0.1, 0.15) is 5.69 Å². The van der Waals surface area contributed by atoms with Gasteiger partial charge < -0.3 is 14.8 Å². The second-order valence-corrected chi connectivity index (χ2v) is 8.42. The van der Waals surface area contributed by atoms with Crippen molar-refractivity contribution >= 4 is 34.7 Å². The first kappa shape index (κ1) is 23.3. The van der Waals surface area contributed by atoms with Crippen molar-refractivity contribution in [3.8, 4) is 11.4 Å². The number of nitrogens with zero attached hydrogens (tertiary/aromatic N) is 5. The minimum absolute atomic E-state index is 0.146. The molecular weight excluding hydrogens is 428 g/mol. The van der Waals surface area contributed by atoms with E-state index in [0.29, 0.717) is 11.0 Å². The third-order valence-corrected chi connectivity index (χ3v) is 6.23. The fourth-order valence-corrected chi connectivity index (χ4v) is 4.08. The summed E-state index contributed by atoms with van der Waals surface area (Å²) in [5.74, 6) is 0.349. The van der Waals surface area contributed by atoms with Crippen molar-refractivity contribution in [2.75, 3.05) is 23.3 Å². The van der Waals surface area contributed by atoms with Gasteiger partial charge in [-0.25, -0.2) is 0 Å². The number of nitro groups is 1. The normalized spacial score (nSPS) is 11.8. The van der Waals surface area contributed by atoms with E-state index in [0.717, 1.165) is 24.3 Å². The van der Waals surface area contributed by atoms with Crippen LogP contribution in [0.1, 0.15) is 20.8 Å². The van der Waals surface area contributed by atoms with E-state index >= 15 is 0 Å². The van der Waals surface area contributed by atoms with E-state index in [1.165, 1.54) is 23.9 Å². The Bertz CT molecular complexity index is 1100. The molecule has 3 rings (SSSR count). The second kappa shape index (κ2) is 10.3. The number of hydrogen-bond donors (Lipinski definition) is 1. The Balaban J connectivity index is 1.71. The molecule has 0 aliphatic heterocycles. The number of benzene rings is 2. The van der Waals surface area contributed by atoms with Crippen molar-refractivity contribution in [3.63, 3.8) is 0 Å². The lowest BCUT2D eigenvalue weighted by Crippen LogP contribution is -2.23. The average Bonchev–Trinajstić information content (AvgIpc) is 3.15. The van der Waals surface area contributed by atoms with Crippen molar-refractivity contribution < 1.29 is 9.72 Å². The number of carbonyl (C=O) groups is 1. The van der Waals surface area contributed by atoms with E-state index in [-0.39, 0.29) is 17.3 Å². The summed E-state index contributed by atoms with van der Waals surface area (Å²) in [6.45, 7) is 7.84. The second-order valence-electron chi connectivity index (χ2n) is 7.11. The molecule has 10 heteroatoms. The Morgan fingerprint density at radius 2 is 1.81 bits per heavy atom. The highest BCUT2D eigenvalue weighted by molar-refractivity contribution is 8.00. The maximum absolute atomic E-state index is 12.6. The third-order valence-electron chi connectivity index (χ3n) is 5.10. The number of thioether (sulfide) groups is 1. The number of nitrogens with one attached hydrogen (secondary N) is 1. The molecule has 0 aliphatic carbocycles. The van der Waals surface area contributed by atoms with Gasteiger partial charge in [0.2, 0.25) is 5.91 Å². The van der Waals surface area contributed by atoms with Crippen LogP contribution in [0.5, 0.6) is 0 Å². The highest BCUT2D eigenvalue weighted by Crippen LogP contribution is 2.29. The molecule has 32 heavy (non-hydrogen) atoms. The molecule has 3 aromatic rings. The molecule has 0 bridgehead atoms. The maximum atomic E-state index is 12.6. The number of carbonyl (C=O) groups excluding carboxylic acids is 1. The zero-order chi connectivity index (χ0) is 23.3. The molecule has 1 N–H and O–H groups in total. The predicted octanol–water partition coefficient (Wildman–Crippen LogP) is 4.36. The van der Waals surface area contributed by atoms with Gasteiger partial charge in [-0.1, -0.05) is 23.9 Å². The van der Waals surface area contributed by atoms with E-state index in [4.69, 9.17) is 0 Å². The van der Waals surface area contributed by atoms with Crippen LogP contribution in [0.15, 0.2) is 53.7 Å². The molecule has 0 aliphatic rings. The van der Waals surface area contributed by atoms with Gasteiger partial charge >= 0.3 is 0 Å². The van der Waals surface area contributed by atoms with Crippen LogP contribution in [-0.4, -0.2) is 43.9 Å². The lowest BCUT2D eigenvalue weighted by molar-refractivity contribution is -0.383. The van der Waals surface area contributed by atoms with Crippen LogP contribution in [0.25, 0.3) is 11.4 Å². The molecule has 9 nitrogen and oxygen atoms in total. The van der Waals surface area contributed by atoms with E-state index in [9.17, 15) is 14.9 Å². The van der Waals surface area contributed by atoms with Crippen LogP contribution in [-0.2, 0) is 11.8 Å². The van der Waals surface area contributed by atoms with Crippen LogP contribution in [0, 0.1) is 10.1 Å². The van der Waals surface area contributed by atoms with Crippen molar-refractivity contribution in [2.45, 2.75) is 31.2 Å². The fraction of sp³-hybridized carbons (Fsp3) is 0.318. The molecular formula is C22H26N6O3S. The fourth-order valence-electron chi connectivity index (χ4n) is 3.26. The van der Waals surface area contributed by atoms with Gasteiger partial charge in [0, 0.05) is 37.5 Å². The molecule has 0 spiro atoms. The monoisotopic (exact) mass is 454 g/mol. The Morgan fingerprint density at radius 1 is 1.16 bits per heavy atom. The molecule has 1 atom stereocenters. The lowest BCUT2D eigenvalue weighted by Gasteiger charge is -2.21. The lowest BCUT2D eigenvalue weighted by atomic mass is 10.2. The first-order chi connectivity index (χ1) is 15.3. The smallest absolute Gasteiger partial charge is 0.292 e. The summed E-state index contributed by atoms with van der Waals surface area (Å²) in [4.78, 5) is 25.5. The Morgan fingerprint density at radius 3 is 2.44 bits per heavy atom. The molecule has 0 saturated carbocycles. The number of hydrogen-bond acceptors (Lipinski definition) is 7. The van der Waals surface area contributed by atoms with E-state index in [1.807, 2.05) is 23.7 Å². The Kier molecular flexibility index (Phi) is 7.47.